The Balaban J connectivity index is 0.00000512. The van der Waals surface area contributed by atoms with E-state index in [2.05, 4.69) is 18.3 Å². The molecule has 15 nitrogen and oxygen atoms in total. The molecule has 1 aromatic rings. The first-order valence-electron chi connectivity index (χ1n) is 8.91. The summed E-state index contributed by atoms with van der Waals surface area (Å²) in [5.41, 5.74) is 4.52. The summed E-state index contributed by atoms with van der Waals surface area (Å²) in [6, 6.07) is 1.26. The molecule has 0 radical (unpaired) electrons. The Morgan fingerprint density at radius 3 is 2.47 bits per heavy atom. The molecule has 0 aromatic carbocycles. The molecule has 0 saturated carbocycles. The van der Waals surface area contributed by atoms with Crippen LogP contribution in [0.25, 0.3) is 0 Å². The van der Waals surface area contributed by atoms with Gasteiger partial charge in [0.1, 0.15) is 37.3 Å². The van der Waals surface area contributed by atoms with Gasteiger partial charge in [-0.2, -0.15) is 4.98 Å². The summed E-state index contributed by atoms with van der Waals surface area (Å²) < 4.78 is 43.4. The number of hydrogen-bond donors (Lipinski definition) is 4. The number of quaternary nitrogens is 1. The number of phosphoric acid groups is 2. The van der Waals surface area contributed by atoms with E-state index in [9.17, 15) is 33.9 Å². The van der Waals surface area contributed by atoms with Gasteiger partial charge < -0.3 is 39.5 Å². The van der Waals surface area contributed by atoms with Gasteiger partial charge >= 0.3 is 43.1 Å². The summed E-state index contributed by atoms with van der Waals surface area (Å²) >= 11 is 0. The van der Waals surface area contributed by atoms with E-state index in [1.54, 1.807) is 21.1 Å². The van der Waals surface area contributed by atoms with Gasteiger partial charge in [0.25, 0.3) is 7.82 Å². The number of likely N-dealkylation sites (N-methyl/N-ethyl adjacent to an activating group) is 1. The number of aromatic nitrogens is 2. The Morgan fingerprint density at radius 2 is 1.91 bits per heavy atom. The van der Waals surface area contributed by atoms with Crippen LogP contribution in [0, 0.1) is 0 Å². The molecule has 2 heterocycles. The number of aliphatic hydroxyl groups is 2. The first-order valence-corrected chi connectivity index (χ1v) is 11.9. The molecule has 1 fully saturated rings. The van der Waals surface area contributed by atoms with Crippen molar-refractivity contribution in [3.63, 3.8) is 0 Å². The van der Waals surface area contributed by atoms with E-state index in [4.69, 9.17) is 10.5 Å². The number of ether oxygens (including phenoxy) is 1. The number of phosphoric ester groups is 2. The summed E-state index contributed by atoms with van der Waals surface area (Å²) in [6.45, 7) is -0.877. The molecule has 1 aliphatic heterocycles. The summed E-state index contributed by atoms with van der Waals surface area (Å²) in [4.78, 5) is 36.7. The molecule has 0 aliphatic carbocycles. The van der Waals surface area contributed by atoms with Gasteiger partial charge in [-0.05, 0) is 6.07 Å². The van der Waals surface area contributed by atoms with Crippen molar-refractivity contribution in [1.29, 1.82) is 0 Å². The number of anilines is 1. The quantitative estimate of drug-likeness (QED) is 0.141. The zero-order valence-electron chi connectivity index (χ0n) is 17.0. The molecule has 5 N–H and O–H groups in total. The maximum absolute atomic E-state index is 12.0. The number of nitrogens with zero attached hydrogens (tertiary/aromatic N) is 3. The zero-order chi connectivity index (χ0) is 23.6. The molecule has 0 amide bonds. The fraction of sp³-hybridized carbons (Fsp3) is 0.714. The molecule has 32 heavy (non-hydrogen) atoms. The molecule has 2 rings (SSSR count). The molecule has 0 spiro atoms. The molecule has 1 aliphatic rings. The van der Waals surface area contributed by atoms with Crippen molar-refractivity contribution in [3.05, 3.63) is 22.7 Å². The third-order valence-electron chi connectivity index (χ3n) is 4.08. The number of nitrogens with two attached hydrogens (primary N) is 1. The maximum atomic E-state index is 12.0. The van der Waals surface area contributed by atoms with Crippen molar-refractivity contribution in [1.82, 2.24) is 9.55 Å². The molecular formula is C14H27N4NaO11P2. The molecule has 6 atom stereocenters. The van der Waals surface area contributed by atoms with E-state index >= 15 is 0 Å². The second-order valence-corrected chi connectivity index (χ2v) is 10.7. The van der Waals surface area contributed by atoms with E-state index in [0.717, 1.165) is 4.57 Å². The average molecular weight is 512 g/mol. The summed E-state index contributed by atoms with van der Waals surface area (Å²) in [7, 11) is -5.01. The van der Waals surface area contributed by atoms with Crippen molar-refractivity contribution >= 4 is 51.0 Å². The van der Waals surface area contributed by atoms with Gasteiger partial charge in [0.2, 0.25) is 0 Å². The summed E-state index contributed by atoms with van der Waals surface area (Å²) in [5.74, 6) is -0.0711. The molecule has 0 bridgehead atoms. The SMILES string of the molecule is C[N+](C)(C)CCOP(=O)([O-])OP(=O)(O)OC[C@H]1O[C@@H](n2ccc(N)nc2=O)[C@H](O)[C@@H]1O.[NaH]. The van der Waals surface area contributed by atoms with E-state index in [-0.39, 0.29) is 48.5 Å². The van der Waals surface area contributed by atoms with Crippen LogP contribution >= 0.6 is 15.6 Å². The van der Waals surface area contributed by atoms with E-state index < -0.39 is 52.5 Å². The van der Waals surface area contributed by atoms with E-state index in [1.807, 2.05) is 0 Å². The van der Waals surface area contributed by atoms with Crippen LogP contribution < -0.4 is 16.3 Å². The Kier molecular flexibility index (Phi) is 10.7. The summed E-state index contributed by atoms with van der Waals surface area (Å²) in [6.07, 6.45) is -4.89. The molecule has 2 unspecified atom stereocenters. The number of nitrogen functional groups attached to an aromatic ring is 1. The van der Waals surface area contributed by atoms with Crippen molar-refractivity contribution in [2.24, 2.45) is 0 Å². The van der Waals surface area contributed by atoms with Gasteiger partial charge in [0.05, 0.1) is 27.7 Å². The van der Waals surface area contributed by atoms with Gasteiger partial charge in [-0.15, -0.1) is 0 Å². The van der Waals surface area contributed by atoms with Crippen molar-refractivity contribution in [2.75, 3.05) is 46.6 Å². The Morgan fingerprint density at radius 1 is 1.28 bits per heavy atom. The van der Waals surface area contributed by atoms with Crippen LogP contribution in [0.5, 0.6) is 0 Å². The Labute approximate surface area is 205 Å². The predicted molar refractivity (Wildman–Crippen MR) is 109 cm³/mol. The number of hydrogen-bond acceptors (Lipinski definition) is 12. The van der Waals surface area contributed by atoms with Gasteiger partial charge in [0, 0.05) is 6.20 Å². The van der Waals surface area contributed by atoms with Crippen LogP contribution in [0.15, 0.2) is 17.1 Å². The Hall–Kier alpha value is -0.220. The Bertz CT molecular complexity index is 927. The predicted octanol–water partition coefficient (Wildman–Crippen LogP) is -2.88. The van der Waals surface area contributed by atoms with E-state index in [1.165, 1.54) is 12.3 Å². The van der Waals surface area contributed by atoms with Crippen LogP contribution in [0.3, 0.4) is 0 Å². The van der Waals surface area contributed by atoms with Crippen molar-refractivity contribution < 1.29 is 51.7 Å². The van der Waals surface area contributed by atoms with Crippen molar-refractivity contribution in [2.45, 2.75) is 24.5 Å². The zero-order valence-corrected chi connectivity index (χ0v) is 18.8. The molecule has 18 heteroatoms. The standard InChI is InChI=1S/C14H26N4O11P2.Na.H/c1-18(2,3)6-7-26-30(22,23)29-31(24,25)27-8-9-11(19)12(20)13(28-9)17-5-4-10(15)16-14(17)21;;/h4-5,9,11-13,19-20H,6-8H2,1-3H3,(H3-,15,16,21,22,23,24,25);;/t9-,11-,12-,13-;;/m1../s1. The monoisotopic (exact) mass is 512 g/mol. The molecular weight excluding hydrogens is 485 g/mol. The van der Waals surface area contributed by atoms with Gasteiger partial charge in [0.15, 0.2) is 6.23 Å². The van der Waals surface area contributed by atoms with Crippen LogP contribution in [-0.4, -0.2) is 118 Å². The third kappa shape index (κ3) is 8.85. The van der Waals surface area contributed by atoms with Crippen LogP contribution in [0.4, 0.5) is 5.82 Å². The minimum atomic E-state index is -5.18. The first-order chi connectivity index (χ1) is 14.1. The normalized spacial score (nSPS) is 27.3. The fourth-order valence-electron chi connectivity index (χ4n) is 2.48. The number of aliphatic hydroxyl groups excluding tert-OH is 2. The van der Waals surface area contributed by atoms with Crippen LogP contribution in [-0.2, 0) is 27.2 Å². The third-order valence-corrected chi connectivity index (χ3v) is 6.68. The van der Waals surface area contributed by atoms with Gasteiger partial charge in [-0.25, -0.2) is 13.7 Å². The summed E-state index contributed by atoms with van der Waals surface area (Å²) in [5, 5.41) is 20.2. The van der Waals surface area contributed by atoms with Crippen LogP contribution in [0.1, 0.15) is 6.23 Å². The van der Waals surface area contributed by atoms with E-state index in [0.29, 0.717) is 4.48 Å². The van der Waals surface area contributed by atoms with Gasteiger partial charge in [-0.3, -0.25) is 13.7 Å². The topological polar surface area (TPSA) is 216 Å². The average Bonchev–Trinajstić information content (AvgIpc) is 2.86. The molecule has 180 valence electrons. The molecule has 1 aromatic heterocycles. The minimum absolute atomic E-state index is 0. The van der Waals surface area contributed by atoms with Crippen molar-refractivity contribution in [3.8, 4) is 0 Å². The van der Waals surface area contributed by atoms with Gasteiger partial charge in [-0.1, -0.05) is 0 Å². The second kappa shape index (κ2) is 11.5. The number of rotatable bonds is 10. The second-order valence-electron chi connectivity index (χ2n) is 7.73. The molecule has 1 saturated heterocycles. The van der Waals surface area contributed by atoms with Crippen LogP contribution in [0.2, 0.25) is 0 Å². The fourth-order valence-corrected chi connectivity index (χ4v) is 4.51. The first kappa shape index (κ1) is 29.8.